The van der Waals surface area contributed by atoms with Crippen LogP contribution < -0.4 is 5.32 Å². The summed E-state index contributed by atoms with van der Waals surface area (Å²) < 4.78 is 0. The van der Waals surface area contributed by atoms with E-state index in [9.17, 15) is 9.59 Å². The number of piperazine rings is 1. The van der Waals surface area contributed by atoms with E-state index in [4.69, 9.17) is 0 Å². The van der Waals surface area contributed by atoms with E-state index in [1.54, 1.807) is 16.2 Å². The zero-order chi connectivity index (χ0) is 16.9. The van der Waals surface area contributed by atoms with E-state index in [-0.39, 0.29) is 11.8 Å². The maximum atomic E-state index is 12.3. The molecule has 1 saturated carbocycles. The summed E-state index contributed by atoms with van der Waals surface area (Å²) in [5, 5.41) is 7.14. The first kappa shape index (κ1) is 17.4. The van der Waals surface area contributed by atoms with Crippen LogP contribution in [0.25, 0.3) is 0 Å². The molecule has 0 unspecified atom stereocenters. The van der Waals surface area contributed by atoms with Crippen molar-refractivity contribution in [2.45, 2.75) is 25.4 Å². The molecule has 132 valence electrons. The minimum Gasteiger partial charge on any atom is -0.352 e. The number of carbonyl (C=O) groups excluding carboxylic acids is 2. The minimum atomic E-state index is 0.137. The van der Waals surface area contributed by atoms with Gasteiger partial charge in [-0.3, -0.25) is 19.4 Å². The molecule has 1 N–H and O–H groups in total. The summed E-state index contributed by atoms with van der Waals surface area (Å²) in [6, 6.07) is 2.48. The summed E-state index contributed by atoms with van der Waals surface area (Å²) in [5.41, 5.74) is 1.18. The average Bonchev–Trinajstić information content (AvgIpc) is 3.21. The van der Waals surface area contributed by atoms with Crippen LogP contribution in [0.1, 0.15) is 18.4 Å². The first-order chi connectivity index (χ1) is 11.6. The Morgan fingerprint density at radius 1 is 1.21 bits per heavy atom. The van der Waals surface area contributed by atoms with Crippen LogP contribution >= 0.6 is 11.3 Å². The van der Waals surface area contributed by atoms with Gasteiger partial charge < -0.3 is 10.2 Å². The van der Waals surface area contributed by atoms with Crippen molar-refractivity contribution in [1.82, 2.24) is 20.0 Å². The number of thiophene rings is 1. The highest BCUT2D eigenvalue weighted by molar-refractivity contribution is 7.07. The highest BCUT2D eigenvalue weighted by atomic mass is 32.1. The minimum absolute atomic E-state index is 0.137. The SMILES string of the molecule is CN(Cc1ccsc1)C(=O)CN1CCN(CC(=O)NC2CC2)CC1. The monoisotopic (exact) mass is 350 g/mol. The fourth-order valence-electron chi connectivity index (χ4n) is 2.87. The molecule has 0 spiro atoms. The Morgan fingerprint density at radius 3 is 2.46 bits per heavy atom. The van der Waals surface area contributed by atoms with Crippen LogP contribution in [0, 0.1) is 0 Å². The Morgan fingerprint density at radius 2 is 1.88 bits per heavy atom. The second-order valence-electron chi connectivity index (χ2n) is 6.78. The van der Waals surface area contributed by atoms with E-state index in [1.807, 2.05) is 12.4 Å². The van der Waals surface area contributed by atoms with Crippen molar-refractivity contribution in [3.63, 3.8) is 0 Å². The Labute approximate surface area is 147 Å². The van der Waals surface area contributed by atoms with Gasteiger partial charge in [0.2, 0.25) is 11.8 Å². The van der Waals surface area contributed by atoms with Crippen LogP contribution in [-0.4, -0.2) is 78.9 Å². The molecule has 2 amide bonds. The molecule has 6 nitrogen and oxygen atoms in total. The maximum Gasteiger partial charge on any atom is 0.236 e. The highest BCUT2D eigenvalue weighted by Crippen LogP contribution is 2.18. The zero-order valence-corrected chi connectivity index (χ0v) is 15.1. The number of nitrogens with one attached hydrogen (secondary N) is 1. The number of hydrogen-bond acceptors (Lipinski definition) is 5. The molecule has 1 aliphatic carbocycles. The van der Waals surface area contributed by atoms with E-state index in [2.05, 4.69) is 26.6 Å². The Balaban J connectivity index is 1.35. The van der Waals surface area contributed by atoms with E-state index in [1.165, 1.54) is 5.56 Å². The molecule has 2 fully saturated rings. The summed E-state index contributed by atoms with van der Waals surface area (Å²) in [5.74, 6) is 0.290. The fraction of sp³-hybridized carbons (Fsp3) is 0.647. The van der Waals surface area contributed by atoms with Crippen LogP contribution in [0.2, 0.25) is 0 Å². The lowest BCUT2D eigenvalue weighted by Gasteiger charge is -2.34. The Hall–Kier alpha value is -1.44. The first-order valence-corrected chi connectivity index (χ1v) is 9.53. The van der Waals surface area contributed by atoms with Crippen LogP contribution in [0.5, 0.6) is 0 Å². The van der Waals surface area contributed by atoms with E-state index in [0.717, 1.165) is 39.0 Å². The van der Waals surface area contributed by atoms with Gasteiger partial charge in [-0.1, -0.05) is 0 Å². The summed E-state index contributed by atoms with van der Waals surface area (Å²) in [7, 11) is 1.86. The molecule has 0 atom stereocenters. The third-order valence-corrected chi connectivity index (χ3v) is 5.29. The van der Waals surface area contributed by atoms with Crippen molar-refractivity contribution in [2.75, 3.05) is 46.3 Å². The third-order valence-electron chi connectivity index (χ3n) is 4.56. The Bertz CT molecular complexity index is 551. The average molecular weight is 350 g/mol. The number of hydrogen-bond donors (Lipinski definition) is 1. The van der Waals surface area contributed by atoms with Gasteiger partial charge in [0.15, 0.2) is 0 Å². The van der Waals surface area contributed by atoms with Gasteiger partial charge in [0.05, 0.1) is 13.1 Å². The Kier molecular flexibility index (Phi) is 5.86. The van der Waals surface area contributed by atoms with Gasteiger partial charge in [-0.2, -0.15) is 11.3 Å². The van der Waals surface area contributed by atoms with Crippen LogP contribution in [0.3, 0.4) is 0 Å². The standard InChI is InChI=1S/C17H26N4O2S/c1-19(10-14-4-9-24-13-14)17(23)12-21-7-5-20(6-8-21)11-16(22)18-15-2-3-15/h4,9,13,15H,2-3,5-8,10-12H2,1H3,(H,18,22). The molecule has 2 heterocycles. The van der Waals surface area contributed by atoms with E-state index in [0.29, 0.717) is 25.7 Å². The van der Waals surface area contributed by atoms with Gasteiger partial charge in [-0.25, -0.2) is 0 Å². The van der Waals surface area contributed by atoms with Crippen LogP contribution in [0.15, 0.2) is 16.8 Å². The van der Waals surface area contributed by atoms with Crippen molar-refractivity contribution in [1.29, 1.82) is 0 Å². The molecule has 7 heteroatoms. The number of rotatable bonds is 7. The van der Waals surface area contributed by atoms with Crippen LogP contribution in [0.4, 0.5) is 0 Å². The summed E-state index contributed by atoms with van der Waals surface area (Å²) in [6.07, 6.45) is 2.25. The van der Waals surface area contributed by atoms with E-state index >= 15 is 0 Å². The molecule has 2 aliphatic rings. The normalized spacial score (nSPS) is 19.2. The van der Waals surface area contributed by atoms with Crippen molar-refractivity contribution < 1.29 is 9.59 Å². The second-order valence-corrected chi connectivity index (χ2v) is 7.56. The van der Waals surface area contributed by atoms with Crippen molar-refractivity contribution >= 4 is 23.2 Å². The topological polar surface area (TPSA) is 55.9 Å². The lowest BCUT2D eigenvalue weighted by molar-refractivity contribution is -0.132. The number of amides is 2. The molecular weight excluding hydrogens is 324 g/mol. The lowest BCUT2D eigenvalue weighted by Crippen LogP contribution is -2.51. The maximum absolute atomic E-state index is 12.3. The van der Waals surface area contributed by atoms with Gasteiger partial charge in [0.25, 0.3) is 0 Å². The number of likely N-dealkylation sites (N-methyl/N-ethyl adjacent to an activating group) is 1. The summed E-state index contributed by atoms with van der Waals surface area (Å²) in [6.45, 7) is 4.99. The third kappa shape index (κ3) is 5.29. The molecule has 24 heavy (non-hydrogen) atoms. The second kappa shape index (κ2) is 8.09. The molecule has 0 aromatic carbocycles. The molecule has 1 aliphatic heterocycles. The molecular formula is C17H26N4O2S. The number of nitrogens with zero attached hydrogens (tertiary/aromatic N) is 3. The molecule has 3 rings (SSSR count). The van der Waals surface area contributed by atoms with Gasteiger partial charge >= 0.3 is 0 Å². The summed E-state index contributed by atoms with van der Waals surface area (Å²) >= 11 is 1.65. The van der Waals surface area contributed by atoms with Crippen LogP contribution in [-0.2, 0) is 16.1 Å². The summed E-state index contributed by atoms with van der Waals surface area (Å²) in [4.78, 5) is 30.3. The predicted octanol–water partition coefficient (Wildman–Crippen LogP) is 0.603. The van der Waals surface area contributed by atoms with Gasteiger partial charge in [-0.05, 0) is 35.2 Å². The largest absolute Gasteiger partial charge is 0.352 e. The zero-order valence-electron chi connectivity index (χ0n) is 14.2. The lowest BCUT2D eigenvalue weighted by atomic mass is 10.3. The smallest absolute Gasteiger partial charge is 0.236 e. The molecule has 1 saturated heterocycles. The van der Waals surface area contributed by atoms with Gasteiger partial charge in [0.1, 0.15) is 0 Å². The van der Waals surface area contributed by atoms with Crippen molar-refractivity contribution in [2.24, 2.45) is 0 Å². The van der Waals surface area contributed by atoms with Gasteiger partial charge in [-0.15, -0.1) is 0 Å². The van der Waals surface area contributed by atoms with Crippen molar-refractivity contribution in [3.8, 4) is 0 Å². The molecule has 0 bridgehead atoms. The predicted molar refractivity (Wildman–Crippen MR) is 94.8 cm³/mol. The quantitative estimate of drug-likeness (QED) is 0.783. The molecule has 1 aromatic rings. The van der Waals surface area contributed by atoms with Crippen molar-refractivity contribution in [3.05, 3.63) is 22.4 Å². The first-order valence-electron chi connectivity index (χ1n) is 8.59. The number of carbonyl (C=O) groups is 2. The van der Waals surface area contributed by atoms with Gasteiger partial charge in [0, 0.05) is 45.8 Å². The van der Waals surface area contributed by atoms with E-state index < -0.39 is 0 Å². The molecule has 0 radical (unpaired) electrons. The fourth-order valence-corrected chi connectivity index (χ4v) is 3.53. The highest BCUT2D eigenvalue weighted by Gasteiger charge is 2.26. The molecule has 1 aromatic heterocycles.